The molecule has 0 bridgehead atoms. The van der Waals surface area contributed by atoms with Gasteiger partial charge < -0.3 is 24.4 Å². The van der Waals surface area contributed by atoms with Gasteiger partial charge in [-0.3, -0.25) is 9.59 Å². The lowest BCUT2D eigenvalue weighted by atomic mass is 10.1. The number of hydrogen-bond donors (Lipinski definition) is 1. The van der Waals surface area contributed by atoms with Crippen LogP contribution < -0.4 is 24.4 Å². The Bertz CT molecular complexity index is 1020. The molecule has 4 amide bonds. The number of imide groups is 1. The number of anilines is 2. The lowest BCUT2D eigenvalue weighted by Gasteiger charge is -2.19. The molecule has 0 spiro atoms. The van der Waals surface area contributed by atoms with Crippen molar-refractivity contribution in [2.24, 2.45) is 0 Å². The van der Waals surface area contributed by atoms with Crippen molar-refractivity contribution in [2.75, 3.05) is 38.1 Å². The summed E-state index contributed by atoms with van der Waals surface area (Å²) in [6.07, 6.45) is 1.29. The van der Waals surface area contributed by atoms with Gasteiger partial charge in [-0.15, -0.1) is 6.58 Å². The van der Waals surface area contributed by atoms with Gasteiger partial charge in [-0.05, 0) is 12.1 Å². The summed E-state index contributed by atoms with van der Waals surface area (Å²) in [5.41, 5.74) is 0.816. The van der Waals surface area contributed by atoms with Crippen LogP contribution >= 0.6 is 0 Å². The van der Waals surface area contributed by atoms with E-state index in [9.17, 15) is 14.4 Å². The summed E-state index contributed by atoms with van der Waals surface area (Å²) in [6, 6.07) is 10.1. The van der Waals surface area contributed by atoms with Crippen molar-refractivity contribution in [1.29, 1.82) is 0 Å². The fourth-order valence-corrected chi connectivity index (χ4v) is 3.43. The maximum absolute atomic E-state index is 13.2. The summed E-state index contributed by atoms with van der Waals surface area (Å²) >= 11 is 0. The summed E-state index contributed by atoms with van der Waals surface area (Å²) < 4.78 is 15.6. The van der Waals surface area contributed by atoms with Gasteiger partial charge >= 0.3 is 6.03 Å². The van der Waals surface area contributed by atoms with E-state index < -0.39 is 23.9 Å². The van der Waals surface area contributed by atoms with Gasteiger partial charge in [0.05, 0.1) is 33.4 Å². The number of carbonyl (C=O) groups is 3. The standard InChI is InChI=1S/C23H25N3O6/c1-5-9-25-20(14-21(27)24-15-10-18(31-3)13-19(11-15)32-4)22(28)26(23(25)29)16-7-6-8-17(12-16)30-2/h5-8,10-13,20H,1,9,14H2,2-4H3,(H,24,27)/t20-/m1/s1. The van der Waals surface area contributed by atoms with Crippen LogP contribution in [0.1, 0.15) is 6.42 Å². The molecule has 1 N–H and O–H groups in total. The maximum atomic E-state index is 13.2. The first-order valence-electron chi connectivity index (χ1n) is 9.84. The molecule has 168 valence electrons. The van der Waals surface area contributed by atoms with Crippen molar-refractivity contribution in [3.63, 3.8) is 0 Å². The first-order valence-corrected chi connectivity index (χ1v) is 9.84. The molecule has 0 aromatic heterocycles. The van der Waals surface area contributed by atoms with E-state index in [1.54, 1.807) is 42.5 Å². The zero-order valence-corrected chi connectivity index (χ0v) is 18.2. The van der Waals surface area contributed by atoms with Crippen LogP contribution in [0.25, 0.3) is 0 Å². The summed E-state index contributed by atoms with van der Waals surface area (Å²) in [6.45, 7) is 3.78. The number of amides is 4. The second kappa shape index (κ2) is 9.86. The monoisotopic (exact) mass is 439 g/mol. The zero-order valence-electron chi connectivity index (χ0n) is 18.2. The highest BCUT2D eigenvalue weighted by atomic mass is 16.5. The van der Waals surface area contributed by atoms with Gasteiger partial charge in [0.1, 0.15) is 23.3 Å². The molecule has 0 unspecified atom stereocenters. The molecule has 32 heavy (non-hydrogen) atoms. The van der Waals surface area contributed by atoms with Crippen molar-refractivity contribution in [2.45, 2.75) is 12.5 Å². The quantitative estimate of drug-likeness (QED) is 0.476. The topological polar surface area (TPSA) is 97.4 Å². The molecule has 0 saturated carbocycles. The second-order valence-electron chi connectivity index (χ2n) is 6.97. The molecule has 1 atom stereocenters. The predicted molar refractivity (Wildman–Crippen MR) is 119 cm³/mol. The Labute approximate surface area is 186 Å². The van der Waals surface area contributed by atoms with Crippen LogP contribution in [-0.4, -0.2) is 56.7 Å². The highest BCUT2D eigenvalue weighted by Gasteiger charge is 2.46. The van der Waals surface area contributed by atoms with Crippen molar-refractivity contribution in [1.82, 2.24) is 4.90 Å². The van der Waals surface area contributed by atoms with E-state index in [-0.39, 0.29) is 13.0 Å². The molecule has 1 aliphatic rings. The fourth-order valence-electron chi connectivity index (χ4n) is 3.43. The Kier molecular flexibility index (Phi) is 6.99. The molecule has 2 aromatic rings. The van der Waals surface area contributed by atoms with Crippen LogP contribution in [0.15, 0.2) is 55.1 Å². The van der Waals surface area contributed by atoms with Crippen molar-refractivity contribution in [3.8, 4) is 17.2 Å². The third-order valence-electron chi connectivity index (χ3n) is 4.97. The van der Waals surface area contributed by atoms with Gasteiger partial charge in [0.2, 0.25) is 5.91 Å². The minimum Gasteiger partial charge on any atom is -0.497 e. The Balaban J connectivity index is 1.82. The largest absolute Gasteiger partial charge is 0.497 e. The van der Waals surface area contributed by atoms with E-state index in [1.807, 2.05) is 0 Å². The molecular formula is C23H25N3O6. The average Bonchev–Trinajstić information content (AvgIpc) is 3.02. The van der Waals surface area contributed by atoms with Gasteiger partial charge in [-0.25, -0.2) is 9.69 Å². The van der Waals surface area contributed by atoms with Crippen molar-refractivity contribution in [3.05, 3.63) is 55.1 Å². The summed E-state index contributed by atoms with van der Waals surface area (Å²) in [4.78, 5) is 41.3. The number of carbonyl (C=O) groups excluding carboxylic acids is 3. The number of urea groups is 1. The van der Waals surface area contributed by atoms with Crippen LogP contribution in [-0.2, 0) is 9.59 Å². The number of nitrogens with one attached hydrogen (secondary N) is 1. The van der Waals surface area contributed by atoms with E-state index in [0.29, 0.717) is 28.6 Å². The zero-order chi connectivity index (χ0) is 23.3. The highest BCUT2D eigenvalue weighted by molar-refractivity contribution is 6.22. The highest BCUT2D eigenvalue weighted by Crippen LogP contribution is 2.30. The molecule has 9 heteroatoms. The Morgan fingerprint density at radius 3 is 2.28 bits per heavy atom. The first kappa shape index (κ1) is 22.7. The van der Waals surface area contributed by atoms with Crippen LogP contribution in [0.4, 0.5) is 16.2 Å². The van der Waals surface area contributed by atoms with Gasteiger partial charge in [0.15, 0.2) is 0 Å². The van der Waals surface area contributed by atoms with Crippen LogP contribution in [0.3, 0.4) is 0 Å². The molecule has 3 rings (SSSR count). The number of methoxy groups -OCH3 is 3. The van der Waals surface area contributed by atoms with Crippen molar-refractivity contribution >= 4 is 29.2 Å². The van der Waals surface area contributed by atoms with Crippen LogP contribution in [0, 0.1) is 0 Å². The number of nitrogens with zero attached hydrogens (tertiary/aromatic N) is 2. The smallest absolute Gasteiger partial charge is 0.332 e. The summed E-state index contributed by atoms with van der Waals surface area (Å²) in [5.74, 6) is 0.580. The number of ether oxygens (including phenoxy) is 3. The van der Waals surface area contributed by atoms with Crippen molar-refractivity contribution < 1.29 is 28.6 Å². The predicted octanol–water partition coefficient (Wildman–Crippen LogP) is 3.06. The fraction of sp³-hybridized carbons (Fsp3) is 0.261. The van der Waals surface area contributed by atoms with E-state index in [4.69, 9.17) is 14.2 Å². The molecule has 0 radical (unpaired) electrons. The van der Waals surface area contributed by atoms with Gasteiger partial charge in [0, 0.05) is 36.5 Å². The lowest BCUT2D eigenvalue weighted by Crippen LogP contribution is -2.38. The summed E-state index contributed by atoms with van der Waals surface area (Å²) in [5, 5.41) is 2.74. The Morgan fingerprint density at radius 1 is 1.03 bits per heavy atom. The van der Waals surface area contributed by atoms with Gasteiger partial charge in [-0.2, -0.15) is 0 Å². The average molecular weight is 439 g/mol. The van der Waals surface area contributed by atoms with Gasteiger partial charge in [0.25, 0.3) is 5.91 Å². The maximum Gasteiger partial charge on any atom is 0.332 e. The van der Waals surface area contributed by atoms with Crippen LogP contribution in [0.2, 0.25) is 0 Å². The summed E-state index contributed by atoms with van der Waals surface area (Å²) in [7, 11) is 4.50. The number of hydrogen-bond acceptors (Lipinski definition) is 6. The Hall–Kier alpha value is -4.01. The first-order chi connectivity index (χ1) is 15.4. The SMILES string of the molecule is C=CCN1C(=O)N(c2cccc(OC)c2)C(=O)[C@H]1CC(=O)Nc1cc(OC)cc(OC)c1. The number of rotatable bonds is 9. The second-order valence-corrected chi connectivity index (χ2v) is 6.97. The molecule has 9 nitrogen and oxygen atoms in total. The third kappa shape index (κ3) is 4.66. The molecule has 2 aromatic carbocycles. The molecular weight excluding hydrogens is 414 g/mol. The van der Waals surface area contributed by atoms with E-state index in [2.05, 4.69) is 11.9 Å². The normalized spacial score (nSPS) is 15.5. The minimum absolute atomic E-state index is 0.121. The lowest BCUT2D eigenvalue weighted by molar-refractivity contribution is -0.124. The molecule has 1 saturated heterocycles. The molecule has 0 aliphatic carbocycles. The van der Waals surface area contributed by atoms with E-state index in [0.717, 1.165) is 4.90 Å². The van der Waals surface area contributed by atoms with Gasteiger partial charge in [-0.1, -0.05) is 12.1 Å². The van der Waals surface area contributed by atoms with E-state index in [1.165, 1.54) is 32.3 Å². The molecule has 1 fully saturated rings. The number of benzene rings is 2. The Morgan fingerprint density at radius 2 is 1.69 bits per heavy atom. The molecule has 1 heterocycles. The van der Waals surface area contributed by atoms with E-state index >= 15 is 0 Å². The third-order valence-corrected chi connectivity index (χ3v) is 4.97. The minimum atomic E-state index is -0.973. The molecule has 1 aliphatic heterocycles. The van der Waals surface area contributed by atoms with Crippen LogP contribution in [0.5, 0.6) is 17.2 Å².